The molecular weight excluding hydrogens is 880 g/mol. The zero-order chi connectivity index (χ0) is 45.4. The SMILES string of the molecule is CCCCCCCc1cnc(-c2ccc(OC(F)C(F)(F)C(F)(F)C(F)(F)C(F)(F)C(F)(F)OC(F)(F)C(F)(F)OC(F)(F)C(F)(F)C(F)(F)C(F)(F)F)cc2)nc1. The summed E-state index contributed by atoms with van der Waals surface area (Å²) in [6, 6.07) is 2.47. The fourth-order valence-corrected chi connectivity index (χ4v) is 4.10. The third-order valence-electron chi connectivity index (χ3n) is 7.45. The van der Waals surface area contributed by atoms with Crippen LogP contribution in [-0.4, -0.2) is 82.5 Å². The van der Waals surface area contributed by atoms with Crippen molar-refractivity contribution in [2.75, 3.05) is 0 Å². The zero-order valence-corrected chi connectivity index (χ0v) is 28.0. The molecular formula is C29H22F24N2O3. The Morgan fingerprint density at radius 1 is 0.500 bits per heavy atom. The van der Waals surface area contributed by atoms with Gasteiger partial charge in [0.05, 0.1) is 0 Å². The van der Waals surface area contributed by atoms with Crippen molar-refractivity contribution in [1.82, 2.24) is 9.97 Å². The van der Waals surface area contributed by atoms with Crippen molar-refractivity contribution in [1.29, 1.82) is 0 Å². The van der Waals surface area contributed by atoms with Gasteiger partial charge in [0.1, 0.15) is 5.75 Å². The summed E-state index contributed by atoms with van der Waals surface area (Å²) in [6.45, 7) is 2.00. The van der Waals surface area contributed by atoms with Crippen molar-refractivity contribution in [3.8, 4) is 17.1 Å². The van der Waals surface area contributed by atoms with Gasteiger partial charge in [0.15, 0.2) is 5.82 Å². The number of hydrogen-bond acceptors (Lipinski definition) is 5. The van der Waals surface area contributed by atoms with Crippen molar-refractivity contribution in [2.45, 2.75) is 118 Å². The van der Waals surface area contributed by atoms with E-state index in [-0.39, 0.29) is 11.4 Å². The summed E-state index contributed by atoms with van der Waals surface area (Å²) in [5.74, 6) is -51.3. The fourth-order valence-electron chi connectivity index (χ4n) is 4.10. The average molecular weight is 902 g/mol. The van der Waals surface area contributed by atoms with Gasteiger partial charge in [-0.05, 0) is 42.7 Å². The van der Waals surface area contributed by atoms with Gasteiger partial charge in [-0.15, -0.1) is 0 Å². The van der Waals surface area contributed by atoms with Crippen LogP contribution in [0.2, 0.25) is 0 Å². The largest absolute Gasteiger partial charge is 0.460 e. The molecule has 0 saturated carbocycles. The number of alkyl halides is 24. The lowest BCUT2D eigenvalue weighted by molar-refractivity contribution is -0.559. The Kier molecular flexibility index (Phi) is 14.3. The van der Waals surface area contributed by atoms with Gasteiger partial charge < -0.3 is 4.74 Å². The van der Waals surface area contributed by atoms with Crippen LogP contribution >= 0.6 is 0 Å². The Morgan fingerprint density at radius 3 is 1.33 bits per heavy atom. The molecule has 1 aromatic heterocycles. The van der Waals surface area contributed by atoms with Gasteiger partial charge in [-0.25, -0.2) is 19.4 Å². The van der Waals surface area contributed by atoms with Crippen molar-refractivity contribution >= 4 is 0 Å². The molecule has 2 aromatic rings. The van der Waals surface area contributed by atoms with Crippen molar-refractivity contribution < 1.29 is 120 Å². The summed E-state index contributed by atoms with van der Waals surface area (Å²) >= 11 is 0. The van der Waals surface area contributed by atoms with Gasteiger partial charge in [-0.2, -0.15) is 105 Å². The number of rotatable bonds is 21. The Labute approximate surface area is 307 Å². The summed E-state index contributed by atoms with van der Waals surface area (Å²) in [7, 11) is 0. The van der Waals surface area contributed by atoms with Gasteiger partial charge in [0.2, 0.25) is 0 Å². The van der Waals surface area contributed by atoms with E-state index >= 15 is 0 Å². The molecule has 0 aliphatic carbocycles. The molecule has 1 heterocycles. The van der Waals surface area contributed by atoms with E-state index in [1.807, 2.05) is 6.92 Å². The highest BCUT2D eigenvalue weighted by Gasteiger charge is 2.91. The molecule has 58 heavy (non-hydrogen) atoms. The molecule has 0 fully saturated rings. The molecule has 5 nitrogen and oxygen atoms in total. The highest BCUT2D eigenvalue weighted by molar-refractivity contribution is 5.56. The minimum absolute atomic E-state index is 0.0350. The van der Waals surface area contributed by atoms with Crippen molar-refractivity contribution in [3.63, 3.8) is 0 Å². The minimum Gasteiger partial charge on any atom is -0.454 e. The molecule has 1 unspecified atom stereocenters. The Morgan fingerprint density at radius 2 is 0.914 bits per heavy atom. The standard InChI is InChI=1S/C29H22F24N2O3/c1-2-3-4-5-6-7-14-12-54-17(55-13-14)15-8-10-16(11-9-15)56-18(30)19(31,32)20(33,34)21(35,36)23(39,40)26(46,47)57-28(50,51)29(52,53)58-27(48,49)24(41,42)22(37,38)25(43,44)45/h8-13,18H,2-7H2,1H3. The van der Waals surface area contributed by atoms with Crippen LogP contribution in [0.25, 0.3) is 11.4 Å². The monoisotopic (exact) mass is 902 g/mol. The van der Waals surface area contributed by atoms with Gasteiger partial charge in [0, 0.05) is 18.0 Å². The van der Waals surface area contributed by atoms with Crippen LogP contribution in [0.3, 0.4) is 0 Å². The molecule has 0 aliphatic heterocycles. The second-order valence-electron chi connectivity index (χ2n) is 11.8. The fraction of sp³-hybridized carbons (Fsp3) is 0.655. The maximum absolute atomic E-state index is 14.3. The highest BCUT2D eigenvalue weighted by atomic mass is 19.4. The first-order valence-electron chi connectivity index (χ1n) is 15.3. The molecule has 29 heteroatoms. The van der Waals surface area contributed by atoms with Gasteiger partial charge in [-0.3, -0.25) is 0 Å². The van der Waals surface area contributed by atoms with E-state index in [0.29, 0.717) is 24.1 Å². The van der Waals surface area contributed by atoms with Crippen LogP contribution in [-0.2, 0) is 15.9 Å². The van der Waals surface area contributed by atoms with E-state index in [1.54, 1.807) is 0 Å². The number of nitrogens with zero attached hydrogens (tertiary/aromatic N) is 2. The predicted octanol–water partition coefficient (Wildman–Crippen LogP) is 12.1. The van der Waals surface area contributed by atoms with Crippen LogP contribution in [0.1, 0.15) is 44.6 Å². The number of ether oxygens (including phenoxy) is 3. The lowest BCUT2D eigenvalue weighted by atomic mass is 9.97. The molecule has 1 aromatic carbocycles. The van der Waals surface area contributed by atoms with Crippen molar-refractivity contribution in [2.24, 2.45) is 0 Å². The smallest absolute Gasteiger partial charge is 0.454 e. The summed E-state index contributed by atoms with van der Waals surface area (Å²) in [5, 5.41) is 0. The first kappa shape index (κ1) is 50.5. The van der Waals surface area contributed by atoms with E-state index < -0.39 is 78.3 Å². The maximum atomic E-state index is 14.3. The van der Waals surface area contributed by atoms with E-state index in [2.05, 4.69) is 14.7 Å². The lowest BCUT2D eigenvalue weighted by Crippen LogP contribution is -2.71. The van der Waals surface area contributed by atoms with Gasteiger partial charge >= 0.3 is 72.5 Å². The van der Waals surface area contributed by atoms with E-state index in [4.69, 9.17) is 0 Å². The molecule has 0 spiro atoms. The predicted molar refractivity (Wildman–Crippen MR) is 143 cm³/mol. The minimum atomic E-state index is -8.77. The first-order valence-corrected chi connectivity index (χ1v) is 15.3. The molecule has 0 N–H and O–H groups in total. The highest BCUT2D eigenvalue weighted by Crippen LogP contribution is 2.61. The number of hydrogen-bond donors (Lipinski definition) is 0. The second kappa shape index (κ2) is 16.4. The Hall–Kier alpha value is -3.66. The number of benzene rings is 1. The normalized spacial score (nSPS) is 15.5. The van der Waals surface area contributed by atoms with E-state index in [0.717, 1.165) is 53.7 Å². The number of aryl methyl sites for hydroxylation is 1. The third-order valence-corrected chi connectivity index (χ3v) is 7.45. The second-order valence-corrected chi connectivity index (χ2v) is 11.8. The van der Waals surface area contributed by atoms with Crippen molar-refractivity contribution in [3.05, 3.63) is 42.2 Å². The molecule has 334 valence electrons. The number of halogens is 24. The lowest BCUT2D eigenvalue weighted by Gasteiger charge is -2.41. The van der Waals surface area contributed by atoms with Crippen LogP contribution in [0.5, 0.6) is 5.75 Å². The van der Waals surface area contributed by atoms with E-state index in [9.17, 15) is 105 Å². The number of aromatic nitrogens is 2. The van der Waals surface area contributed by atoms with Gasteiger partial charge in [-0.1, -0.05) is 32.6 Å². The molecule has 0 radical (unpaired) electrons. The maximum Gasteiger partial charge on any atom is 0.460 e. The molecule has 0 amide bonds. The zero-order valence-electron chi connectivity index (χ0n) is 28.0. The van der Waals surface area contributed by atoms with Crippen LogP contribution in [0.4, 0.5) is 105 Å². The van der Waals surface area contributed by atoms with Crippen LogP contribution in [0.15, 0.2) is 36.7 Å². The Balaban J connectivity index is 2.30. The molecule has 0 aliphatic rings. The first-order chi connectivity index (χ1) is 25.8. The van der Waals surface area contributed by atoms with E-state index in [1.165, 1.54) is 12.4 Å². The Bertz CT molecular complexity index is 1650. The third kappa shape index (κ3) is 9.37. The molecule has 2 rings (SSSR count). The number of unbranched alkanes of at least 4 members (excludes halogenated alkanes) is 4. The quantitative estimate of drug-likeness (QED) is 0.0923. The van der Waals surface area contributed by atoms with Crippen LogP contribution < -0.4 is 4.74 Å². The molecule has 0 bridgehead atoms. The topological polar surface area (TPSA) is 53.5 Å². The van der Waals surface area contributed by atoms with Crippen LogP contribution in [0, 0.1) is 0 Å². The summed E-state index contributed by atoms with van der Waals surface area (Å²) in [6.07, 6.45) is -38.8. The molecule has 1 atom stereocenters. The summed E-state index contributed by atoms with van der Waals surface area (Å²) < 4.78 is 330. The molecule has 0 saturated heterocycles. The average Bonchev–Trinajstić information content (AvgIpc) is 3.06. The summed E-state index contributed by atoms with van der Waals surface area (Å²) in [4.78, 5) is 7.96. The summed E-state index contributed by atoms with van der Waals surface area (Å²) in [5.41, 5.74) is 0.633. The van der Waals surface area contributed by atoms with Gasteiger partial charge in [0.25, 0.3) is 0 Å².